The third kappa shape index (κ3) is 3.22. The molecule has 0 N–H and O–H groups in total. The number of halogens is 4. The van der Waals surface area contributed by atoms with Gasteiger partial charge in [-0.05, 0) is 42.5 Å². The van der Waals surface area contributed by atoms with E-state index in [1.807, 2.05) is 0 Å². The van der Waals surface area contributed by atoms with Crippen molar-refractivity contribution in [1.29, 1.82) is 0 Å². The van der Waals surface area contributed by atoms with Crippen LogP contribution in [0.25, 0.3) is 17.4 Å². The van der Waals surface area contributed by atoms with Crippen molar-refractivity contribution in [1.82, 2.24) is 9.80 Å². The van der Waals surface area contributed by atoms with Crippen LogP contribution in [0.1, 0.15) is 11.3 Å². The molecule has 0 atom stereocenters. The molecule has 26 heavy (non-hydrogen) atoms. The minimum absolute atomic E-state index is 0.225. The van der Waals surface area contributed by atoms with E-state index in [0.29, 0.717) is 16.6 Å². The molecule has 0 spiro atoms. The maximum absolute atomic E-state index is 13.0. The number of hydrogen-bond acceptors (Lipinski definition) is 3. The summed E-state index contributed by atoms with van der Waals surface area (Å²) in [4.78, 5) is 15.0. The van der Waals surface area contributed by atoms with Gasteiger partial charge in [0.1, 0.15) is 17.2 Å². The summed E-state index contributed by atoms with van der Waals surface area (Å²) in [5.74, 6) is 0.251. The zero-order valence-electron chi connectivity index (χ0n) is 13.6. The predicted octanol–water partition coefficient (Wildman–Crippen LogP) is 4.65. The van der Waals surface area contributed by atoms with Gasteiger partial charge in [-0.2, -0.15) is 13.2 Å². The van der Waals surface area contributed by atoms with E-state index in [2.05, 4.69) is 0 Å². The molecule has 0 aliphatic carbocycles. The average Bonchev–Trinajstić information content (AvgIpc) is 3.10. The Bertz CT molecular complexity index is 936. The molecule has 0 radical (unpaired) electrons. The van der Waals surface area contributed by atoms with E-state index in [1.54, 1.807) is 20.2 Å². The first kappa shape index (κ1) is 18.5. The molecular weight excluding hydrogens is 389 g/mol. The second-order valence-electron chi connectivity index (χ2n) is 5.63. The standard InChI is InChI=1S/C17H12ClF3N2O2S/c1-22-13(15(24)23(2)16(22)26)8-10-4-6-14(25-10)9-3-5-12(18)11(7-9)17(19,20)21/h3-8H,1-2H3/b13-8-. The van der Waals surface area contributed by atoms with E-state index in [4.69, 9.17) is 28.2 Å². The minimum atomic E-state index is -4.57. The lowest BCUT2D eigenvalue weighted by Crippen LogP contribution is -2.26. The summed E-state index contributed by atoms with van der Waals surface area (Å²) >= 11 is 10.7. The van der Waals surface area contributed by atoms with Gasteiger partial charge in [0.25, 0.3) is 5.91 Å². The van der Waals surface area contributed by atoms with Crippen molar-refractivity contribution in [2.24, 2.45) is 0 Å². The molecule has 1 amide bonds. The van der Waals surface area contributed by atoms with Gasteiger partial charge in [0.2, 0.25) is 0 Å². The Labute approximate surface area is 157 Å². The molecule has 3 rings (SSSR count). The highest BCUT2D eigenvalue weighted by Crippen LogP contribution is 2.37. The number of likely N-dealkylation sites (N-methyl/N-ethyl adjacent to an activating group) is 2. The topological polar surface area (TPSA) is 36.7 Å². The largest absolute Gasteiger partial charge is 0.457 e. The molecule has 136 valence electrons. The molecule has 2 heterocycles. The van der Waals surface area contributed by atoms with Crippen molar-refractivity contribution in [3.05, 3.63) is 52.4 Å². The van der Waals surface area contributed by atoms with Gasteiger partial charge in [-0.3, -0.25) is 9.69 Å². The molecule has 2 aromatic rings. The Morgan fingerprint density at radius 3 is 2.42 bits per heavy atom. The Morgan fingerprint density at radius 1 is 1.15 bits per heavy atom. The van der Waals surface area contributed by atoms with E-state index in [1.165, 1.54) is 34.1 Å². The number of carbonyl (C=O) groups excluding carboxylic acids is 1. The SMILES string of the molecule is CN1C(=O)/C(=C/c2ccc(-c3ccc(Cl)c(C(F)(F)F)c3)o2)N(C)C1=S. The fourth-order valence-corrected chi connectivity index (χ4v) is 2.91. The smallest absolute Gasteiger partial charge is 0.417 e. The molecule has 9 heteroatoms. The van der Waals surface area contributed by atoms with Crippen LogP contribution in [0.2, 0.25) is 5.02 Å². The van der Waals surface area contributed by atoms with Crippen molar-refractivity contribution in [3.63, 3.8) is 0 Å². The molecule has 4 nitrogen and oxygen atoms in total. The summed E-state index contributed by atoms with van der Waals surface area (Å²) in [6.07, 6.45) is -3.08. The number of amides is 1. The van der Waals surface area contributed by atoms with Crippen LogP contribution in [-0.2, 0) is 11.0 Å². The molecule has 0 unspecified atom stereocenters. The van der Waals surface area contributed by atoms with Gasteiger partial charge in [0, 0.05) is 25.7 Å². The first-order valence-electron chi connectivity index (χ1n) is 7.34. The first-order valence-corrected chi connectivity index (χ1v) is 8.12. The lowest BCUT2D eigenvalue weighted by atomic mass is 10.1. The van der Waals surface area contributed by atoms with Crippen molar-refractivity contribution in [2.45, 2.75) is 6.18 Å². The van der Waals surface area contributed by atoms with E-state index < -0.39 is 11.7 Å². The number of furan rings is 1. The van der Waals surface area contributed by atoms with Crippen LogP contribution in [0.15, 0.2) is 40.4 Å². The fraction of sp³-hybridized carbons (Fsp3) is 0.176. The molecule has 1 aromatic carbocycles. The quantitative estimate of drug-likeness (QED) is 0.543. The normalized spacial score (nSPS) is 16.9. The van der Waals surface area contributed by atoms with E-state index in [9.17, 15) is 18.0 Å². The van der Waals surface area contributed by atoms with Crippen molar-refractivity contribution in [3.8, 4) is 11.3 Å². The summed E-state index contributed by atoms with van der Waals surface area (Å²) in [7, 11) is 3.20. The number of thiocarbonyl (C=S) groups is 1. The van der Waals surface area contributed by atoms with Crippen molar-refractivity contribution < 1.29 is 22.4 Å². The summed E-state index contributed by atoms with van der Waals surface area (Å²) in [6.45, 7) is 0. The maximum Gasteiger partial charge on any atom is 0.417 e. The van der Waals surface area contributed by atoms with Crippen LogP contribution in [0.3, 0.4) is 0 Å². The van der Waals surface area contributed by atoms with Gasteiger partial charge in [0.15, 0.2) is 5.11 Å². The number of benzene rings is 1. The highest BCUT2D eigenvalue weighted by Gasteiger charge is 2.34. The Kier molecular flexibility index (Phi) is 4.58. The zero-order valence-corrected chi connectivity index (χ0v) is 15.2. The molecule has 1 aliphatic rings. The Morgan fingerprint density at radius 2 is 1.85 bits per heavy atom. The third-order valence-electron chi connectivity index (χ3n) is 3.92. The molecule has 1 fully saturated rings. The molecule has 0 saturated carbocycles. The summed E-state index contributed by atoms with van der Waals surface area (Å²) in [6, 6.07) is 6.61. The molecule has 1 aliphatic heterocycles. The summed E-state index contributed by atoms with van der Waals surface area (Å²) < 4.78 is 44.6. The highest BCUT2D eigenvalue weighted by molar-refractivity contribution is 7.80. The van der Waals surface area contributed by atoms with Crippen molar-refractivity contribution >= 4 is 40.9 Å². The molecular formula is C17H12ClF3N2O2S. The van der Waals surface area contributed by atoms with Crippen LogP contribution in [-0.4, -0.2) is 34.9 Å². The van der Waals surface area contributed by atoms with E-state index in [-0.39, 0.29) is 22.3 Å². The number of rotatable bonds is 2. The second-order valence-corrected chi connectivity index (χ2v) is 6.40. The number of nitrogens with zero attached hydrogens (tertiary/aromatic N) is 2. The van der Waals surface area contributed by atoms with Gasteiger partial charge in [-0.1, -0.05) is 11.6 Å². The lowest BCUT2D eigenvalue weighted by molar-refractivity contribution is -0.137. The maximum atomic E-state index is 13.0. The third-order valence-corrected chi connectivity index (χ3v) is 4.80. The highest BCUT2D eigenvalue weighted by atomic mass is 35.5. The van der Waals surface area contributed by atoms with E-state index in [0.717, 1.165) is 6.07 Å². The van der Waals surface area contributed by atoms with Crippen LogP contribution >= 0.6 is 23.8 Å². The van der Waals surface area contributed by atoms with Gasteiger partial charge in [-0.15, -0.1) is 0 Å². The Hall–Kier alpha value is -2.32. The van der Waals surface area contributed by atoms with E-state index >= 15 is 0 Å². The van der Waals surface area contributed by atoms with Crippen LogP contribution in [0.4, 0.5) is 13.2 Å². The number of hydrogen-bond donors (Lipinski definition) is 0. The average molecular weight is 401 g/mol. The molecule has 0 bridgehead atoms. The van der Waals surface area contributed by atoms with Gasteiger partial charge >= 0.3 is 6.18 Å². The number of carbonyl (C=O) groups is 1. The predicted molar refractivity (Wildman–Crippen MR) is 95.3 cm³/mol. The first-order chi connectivity index (χ1) is 12.1. The van der Waals surface area contributed by atoms with Crippen LogP contribution in [0, 0.1) is 0 Å². The van der Waals surface area contributed by atoms with Gasteiger partial charge in [0.05, 0.1) is 10.6 Å². The summed E-state index contributed by atoms with van der Waals surface area (Å²) in [5.41, 5.74) is -0.402. The van der Waals surface area contributed by atoms with Crippen LogP contribution < -0.4 is 0 Å². The second kappa shape index (κ2) is 6.44. The Balaban J connectivity index is 1.96. The van der Waals surface area contributed by atoms with Gasteiger partial charge in [-0.25, -0.2) is 0 Å². The van der Waals surface area contributed by atoms with Crippen molar-refractivity contribution in [2.75, 3.05) is 14.1 Å². The monoisotopic (exact) mass is 400 g/mol. The number of alkyl halides is 3. The lowest BCUT2D eigenvalue weighted by Gasteiger charge is -2.10. The summed E-state index contributed by atoms with van der Waals surface area (Å²) in [5, 5.41) is -0.0366. The van der Waals surface area contributed by atoms with Crippen LogP contribution in [0.5, 0.6) is 0 Å². The fourth-order valence-electron chi connectivity index (χ4n) is 2.50. The zero-order chi connectivity index (χ0) is 19.2. The van der Waals surface area contributed by atoms with Gasteiger partial charge < -0.3 is 9.32 Å². The molecule has 1 saturated heterocycles. The molecule has 1 aromatic heterocycles. The minimum Gasteiger partial charge on any atom is -0.457 e.